The van der Waals surface area contributed by atoms with E-state index in [2.05, 4.69) is 4.74 Å². The summed E-state index contributed by atoms with van der Waals surface area (Å²) in [6.45, 7) is -1.65. The Morgan fingerprint density at radius 2 is 1.38 bits per heavy atom. The molecule has 0 bridgehead atoms. The number of ether oxygens (including phenoxy) is 2. The average Bonchev–Trinajstić information content (AvgIpc) is 3.37. The Labute approximate surface area is 236 Å². The molecule has 4 rings (SSSR count). The topological polar surface area (TPSA) is 78.9 Å². The van der Waals surface area contributed by atoms with E-state index in [0.717, 1.165) is 18.2 Å². The summed E-state index contributed by atoms with van der Waals surface area (Å²) in [5.74, 6) is -2.36. The zero-order chi connectivity index (χ0) is 31.0. The van der Waals surface area contributed by atoms with Crippen LogP contribution in [-0.2, 0) is 18.5 Å². The summed E-state index contributed by atoms with van der Waals surface area (Å²) in [4.78, 5) is 12.3. The number of hydrogen-bond donors (Lipinski definition) is 0. The van der Waals surface area contributed by atoms with Crippen LogP contribution in [0.1, 0.15) is 23.2 Å². The number of carbonyl (C=O) groups excluding carboxylic acids is 1. The maximum absolute atomic E-state index is 15.3. The van der Waals surface area contributed by atoms with Gasteiger partial charge in [0.25, 0.3) is 6.10 Å². The van der Waals surface area contributed by atoms with Crippen LogP contribution in [0.25, 0.3) is 10.8 Å². The molecule has 1 aliphatic rings. The van der Waals surface area contributed by atoms with Gasteiger partial charge in [-0.05, 0) is 42.5 Å². The molecule has 42 heavy (non-hydrogen) atoms. The average molecular weight is 647 g/mol. The molecule has 1 fully saturated rings. The number of hydrogen-bond acceptors (Lipinski definition) is 6. The molecule has 3 aromatic rings. The zero-order valence-corrected chi connectivity index (χ0v) is 22.9. The number of alkyl halides is 8. The molecule has 0 aromatic heterocycles. The second-order valence-electron chi connectivity index (χ2n) is 9.22. The first-order valence-electron chi connectivity index (χ1n) is 12.1. The highest BCUT2D eigenvalue weighted by molar-refractivity contribution is 8.33. The van der Waals surface area contributed by atoms with Crippen molar-refractivity contribution in [3.05, 3.63) is 72.3 Å². The van der Waals surface area contributed by atoms with Crippen molar-refractivity contribution >= 4 is 37.2 Å². The number of benzene rings is 3. The summed E-state index contributed by atoms with van der Waals surface area (Å²) < 4.78 is 150. The first-order chi connectivity index (χ1) is 19.5. The van der Waals surface area contributed by atoms with Crippen molar-refractivity contribution < 1.29 is 61.4 Å². The number of carbonyl (C=O) groups is 1. The Morgan fingerprint density at radius 3 is 1.95 bits per heavy atom. The van der Waals surface area contributed by atoms with Gasteiger partial charge in [-0.15, -0.1) is 0 Å². The molecule has 3 aromatic carbocycles. The standard InChI is InChI=1S/C26H22F8O6S2/c27-24(28,29)16-38-20-12-13-21(19-11-5-4-10-18(19)20)41(14-6-7-15-41)40-42(36,37)26(33,34)23(25(30,31)32)39-22(35)17-8-2-1-3-9-17/h1-5,8-13,23H,6-7,14-16H2. The van der Waals surface area contributed by atoms with Crippen LogP contribution >= 0.6 is 10.3 Å². The highest BCUT2D eigenvalue weighted by atomic mass is 32.3. The molecule has 1 saturated heterocycles. The first-order valence-corrected chi connectivity index (χ1v) is 15.4. The van der Waals surface area contributed by atoms with Crippen molar-refractivity contribution in [3.8, 4) is 5.75 Å². The predicted octanol–water partition coefficient (Wildman–Crippen LogP) is 7.38. The molecule has 0 aliphatic carbocycles. The lowest BCUT2D eigenvalue weighted by Gasteiger charge is -2.37. The number of rotatable bonds is 9. The van der Waals surface area contributed by atoms with Crippen LogP contribution in [0.5, 0.6) is 5.75 Å². The maximum atomic E-state index is 15.3. The van der Waals surface area contributed by atoms with Gasteiger partial charge in [-0.1, -0.05) is 52.8 Å². The molecular formula is C26H22F8O6S2. The van der Waals surface area contributed by atoms with Crippen molar-refractivity contribution in [1.82, 2.24) is 0 Å². The van der Waals surface area contributed by atoms with Gasteiger partial charge >= 0.3 is 33.7 Å². The van der Waals surface area contributed by atoms with E-state index in [0.29, 0.717) is 0 Å². The summed E-state index contributed by atoms with van der Waals surface area (Å²) in [5, 5.41) is -5.57. The fourth-order valence-corrected chi connectivity index (χ4v) is 10.3. The Bertz CT molecular complexity index is 1540. The minimum Gasteiger partial charge on any atom is -0.483 e. The third-order valence-electron chi connectivity index (χ3n) is 6.22. The normalized spacial score (nSPS) is 17.5. The van der Waals surface area contributed by atoms with Crippen molar-refractivity contribution in [2.75, 3.05) is 18.1 Å². The van der Waals surface area contributed by atoms with Crippen LogP contribution < -0.4 is 4.74 Å². The molecule has 230 valence electrons. The molecule has 1 heterocycles. The Morgan fingerprint density at radius 1 is 0.810 bits per heavy atom. The van der Waals surface area contributed by atoms with Gasteiger partial charge in [-0.25, -0.2) is 8.42 Å². The van der Waals surface area contributed by atoms with Crippen LogP contribution in [0.3, 0.4) is 0 Å². The van der Waals surface area contributed by atoms with Crippen LogP contribution in [0.4, 0.5) is 35.1 Å². The number of halogens is 8. The van der Waals surface area contributed by atoms with E-state index in [-0.39, 0.29) is 45.8 Å². The number of esters is 1. The monoisotopic (exact) mass is 646 g/mol. The van der Waals surface area contributed by atoms with E-state index in [1.54, 1.807) is 0 Å². The van der Waals surface area contributed by atoms with E-state index < -0.39 is 62.3 Å². The van der Waals surface area contributed by atoms with E-state index in [4.69, 9.17) is 8.37 Å². The lowest BCUT2D eigenvalue weighted by Crippen LogP contribution is -2.53. The van der Waals surface area contributed by atoms with Gasteiger partial charge in [-0.3, -0.25) is 0 Å². The second-order valence-corrected chi connectivity index (χ2v) is 14.1. The number of fused-ring (bicyclic) bond motifs is 1. The van der Waals surface area contributed by atoms with Gasteiger partial charge in [0.2, 0.25) is 0 Å². The van der Waals surface area contributed by atoms with Crippen molar-refractivity contribution in [2.24, 2.45) is 0 Å². The molecule has 6 nitrogen and oxygen atoms in total. The molecule has 0 saturated carbocycles. The van der Waals surface area contributed by atoms with Gasteiger partial charge in [0.05, 0.1) is 5.56 Å². The third kappa shape index (κ3) is 6.59. The Hall–Kier alpha value is -3.11. The van der Waals surface area contributed by atoms with Crippen LogP contribution in [-0.4, -0.2) is 56.2 Å². The second kappa shape index (κ2) is 11.5. The van der Waals surface area contributed by atoms with Crippen molar-refractivity contribution in [2.45, 2.75) is 41.4 Å². The minimum absolute atomic E-state index is 0.0270. The lowest BCUT2D eigenvalue weighted by molar-refractivity contribution is -0.247. The minimum atomic E-state index is -6.44. The summed E-state index contributed by atoms with van der Waals surface area (Å²) in [5.41, 5.74) is -0.530. The molecule has 1 unspecified atom stereocenters. The molecule has 1 aliphatic heterocycles. The summed E-state index contributed by atoms with van der Waals surface area (Å²) in [6.07, 6.45) is -14.6. The van der Waals surface area contributed by atoms with Gasteiger partial charge in [-0.2, -0.15) is 43.5 Å². The van der Waals surface area contributed by atoms with Crippen molar-refractivity contribution in [1.29, 1.82) is 0 Å². The van der Waals surface area contributed by atoms with E-state index in [1.807, 2.05) is 0 Å². The summed E-state index contributed by atoms with van der Waals surface area (Å²) >= 11 is 0. The molecule has 0 spiro atoms. The summed E-state index contributed by atoms with van der Waals surface area (Å²) in [7, 11) is -9.72. The third-order valence-corrected chi connectivity index (χ3v) is 11.9. The van der Waals surface area contributed by atoms with E-state index in [1.165, 1.54) is 48.5 Å². The maximum Gasteiger partial charge on any atom is 0.432 e. The first kappa shape index (κ1) is 31.8. The zero-order valence-electron chi connectivity index (χ0n) is 21.3. The molecule has 16 heteroatoms. The molecular weight excluding hydrogens is 624 g/mol. The summed E-state index contributed by atoms with van der Waals surface area (Å²) in [6, 6.07) is 13.7. The largest absolute Gasteiger partial charge is 0.483 e. The van der Waals surface area contributed by atoms with E-state index >= 15 is 8.78 Å². The van der Waals surface area contributed by atoms with Gasteiger partial charge in [0, 0.05) is 21.8 Å². The lowest BCUT2D eigenvalue weighted by atomic mass is 10.1. The molecule has 0 amide bonds. The fraction of sp³-hybridized carbons (Fsp3) is 0.346. The molecule has 0 N–H and O–H groups in total. The molecule has 1 atom stereocenters. The quantitative estimate of drug-likeness (QED) is 0.178. The Balaban J connectivity index is 1.73. The van der Waals surface area contributed by atoms with Gasteiger partial charge < -0.3 is 9.47 Å². The van der Waals surface area contributed by atoms with E-state index in [9.17, 15) is 39.6 Å². The van der Waals surface area contributed by atoms with Gasteiger partial charge in [0.15, 0.2) is 6.61 Å². The molecule has 0 radical (unpaired) electrons. The predicted molar refractivity (Wildman–Crippen MR) is 137 cm³/mol. The van der Waals surface area contributed by atoms with Crippen LogP contribution in [0.15, 0.2) is 71.6 Å². The van der Waals surface area contributed by atoms with Gasteiger partial charge in [0.1, 0.15) is 5.75 Å². The van der Waals surface area contributed by atoms with Crippen molar-refractivity contribution in [3.63, 3.8) is 0 Å². The Kier molecular flexibility index (Phi) is 8.73. The SMILES string of the molecule is O=C(OC(C(F)(F)F)C(F)(F)S(=O)(=O)OS1(c2ccc(OCC(F)(F)F)c3ccccc23)CCCC1)c1ccccc1. The van der Waals surface area contributed by atoms with Crippen LogP contribution in [0.2, 0.25) is 0 Å². The smallest absolute Gasteiger partial charge is 0.432 e. The highest BCUT2D eigenvalue weighted by Crippen LogP contribution is 2.65. The van der Waals surface area contributed by atoms with Crippen LogP contribution in [0, 0.1) is 0 Å². The fourth-order valence-electron chi connectivity index (χ4n) is 4.37. The highest BCUT2D eigenvalue weighted by Gasteiger charge is 2.68.